The van der Waals surface area contributed by atoms with Gasteiger partial charge in [-0.3, -0.25) is 9.89 Å². The maximum atomic E-state index is 5.35. The summed E-state index contributed by atoms with van der Waals surface area (Å²) >= 11 is 0. The molecular weight excluding hydrogens is 326 g/mol. The van der Waals surface area contributed by atoms with Crippen LogP contribution in [0.15, 0.2) is 29.3 Å². The van der Waals surface area contributed by atoms with Gasteiger partial charge in [-0.1, -0.05) is 6.07 Å². The summed E-state index contributed by atoms with van der Waals surface area (Å²) in [5.74, 6) is 1.93. The molecule has 0 amide bonds. The molecule has 1 atom stereocenters. The smallest absolute Gasteiger partial charge is 0.193 e. The molecule has 1 aliphatic carbocycles. The SMILES string of the molecule is CN=C(NCC(C)N(C)C1CC1)N1CCN(c2cccc(OC)c2)CC1. The number of likely N-dealkylation sites (N-methyl/N-ethyl adjacent to an activating group) is 1. The highest BCUT2D eigenvalue weighted by Gasteiger charge is 2.29. The van der Waals surface area contributed by atoms with E-state index >= 15 is 0 Å². The quantitative estimate of drug-likeness (QED) is 0.621. The van der Waals surface area contributed by atoms with E-state index < -0.39 is 0 Å². The van der Waals surface area contributed by atoms with Gasteiger partial charge in [-0.25, -0.2) is 0 Å². The van der Waals surface area contributed by atoms with Crippen molar-refractivity contribution in [2.24, 2.45) is 4.99 Å². The van der Waals surface area contributed by atoms with Crippen LogP contribution in [0.2, 0.25) is 0 Å². The van der Waals surface area contributed by atoms with Gasteiger partial charge in [-0.15, -0.1) is 0 Å². The molecule has 26 heavy (non-hydrogen) atoms. The van der Waals surface area contributed by atoms with E-state index in [9.17, 15) is 0 Å². The van der Waals surface area contributed by atoms with Crippen LogP contribution in [0, 0.1) is 0 Å². The van der Waals surface area contributed by atoms with Gasteiger partial charge in [0.1, 0.15) is 5.75 Å². The monoisotopic (exact) mass is 359 g/mol. The molecule has 3 rings (SSSR count). The van der Waals surface area contributed by atoms with Crippen molar-refractivity contribution in [1.82, 2.24) is 15.1 Å². The first-order valence-electron chi connectivity index (χ1n) is 9.69. The Bertz CT molecular complexity index is 608. The summed E-state index contributed by atoms with van der Waals surface area (Å²) in [4.78, 5) is 11.8. The zero-order valence-electron chi connectivity index (χ0n) is 16.6. The van der Waals surface area contributed by atoms with Crippen molar-refractivity contribution in [3.05, 3.63) is 24.3 Å². The van der Waals surface area contributed by atoms with Crippen LogP contribution in [-0.4, -0.2) is 81.8 Å². The molecule has 2 aliphatic rings. The second-order valence-electron chi connectivity index (χ2n) is 7.35. The van der Waals surface area contributed by atoms with Crippen LogP contribution in [0.25, 0.3) is 0 Å². The highest BCUT2D eigenvalue weighted by atomic mass is 16.5. The lowest BCUT2D eigenvalue weighted by molar-refractivity contribution is 0.245. The molecule has 144 valence electrons. The number of rotatable bonds is 6. The molecule has 1 aromatic rings. The Balaban J connectivity index is 1.49. The Morgan fingerprint density at radius 3 is 2.65 bits per heavy atom. The highest BCUT2D eigenvalue weighted by Crippen LogP contribution is 2.26. The second kappa shape index (κ2) is 8.62. The summed E-state index contributed by atoms with van der Waals surface area (Å²) in [6.45, 7) is 7.17. The zero-order chi connectivity index (χ0) is 18.5. The van der Waals surface area contributed by atoms with E-state index in [0.29, 0.717) is 6.04 Å². The van der Waals surface area contributed by atoms with Gasteiger partial charge >= 0.3 is 0 Å². The molecule has 1 aliphatic heterocycles. The molecule has 0 bridgehead atoms. The fraction of sp³-hybridized carbons (Fsp3) is 0.650. The van der Waals surface area contributed by atoms with Crippen molar-refractivity contribution in [2.45, 2.75) is 31.8 Å². The largest absolute Gasteiger partial charge is 0.497 e. The van der Waals surface area contributed by atoms with E-state index in [-0.39, 0.29) is 0 Å². The molecule has 0 radical (unpaired) electrons. The van der Waals surface area contributed by atoms with Crippen molar-refractivity contribution in [1.29, 1.82) is 0 Å². The van der Waals surface area contributed by atoms with E-state index in [1.807, 2.05) is 13.1 Å². The molecule has 2 fully saturated rings. The number of guanidine groups is 1. The molecule has 1 saturated carbocycles. The minimum Gasteiger partial charge on any atom is -0.497 e. The zero-order valence-corrected chi connectivity index (χ0v) is 16.6. The molecular formula is C20H33N5O. The Labute approximate surface area is 157 Å². The number of aliphatic imine (C=N–C) groups is 1. The van der Waals surface area contributed by atoms with Crippen LogP contribution in [0.4, 0.5) is 5.69 Å². The molecule has 0 aromatic heterocycles. The maximum absolute atomic E-state index is 5.35. The summed E-state index contributed by atoms with van der Waals surface area (Å²) in [5, 5.41) is 3.57. The molecule has 1 aromatic carbocycles. The van der Waals surface area contributed by atoms with Gasteiger partial charge in [0, 0.05) is 63.6 Å². The normalized spacial score (nSPS) is 19.7. The van der Waals surface area contributed by atoms with Gasteiger partial charge in [0.15, 0.2) is 5.96 Å². The summed E-state index contributed by atoms with van der Waals surface area (Å²) in [5.41, 5.74) is 1.23. The van der Waals surface area contributed by atoms with Crippen LogP contribution < -0.4 is 15.0 Å². The number of nitrogens with one attached hydrogen (secondary N) is 1. The molecule has 1 saturated heterocycles. The average Bonchev–Trinajstić information content (AvgIpc) is 3.53. The molecule has 6 nitrogen and oxygen atoms in total. The first-order valence-corrected chi connectivity index (χ1v) is 9.69. The van der Waals surface area contributed by atoms with Crippen LogP contribution in [0.5, 0.6) is 5.75 Å². The lowest BCUT2D eigenvalue weighted by Gasteiger charge is -2.38. The van der Waals surface area contributed by atoms with Gasteiger partial charge in [0.25, 0.3) is 0 Å². The van der Waals surface area contributed by atoms with E-state index in [2.05, 4.69) is 57.2 Å². The van der Waals surface area contributed by atoms with Gasteiger partial charge < -0.3 is 19.9 Å². The lowest BCUT2D eigenvalue weighted by atomic mass is 10.2. The van der Waals surface area contributed by atoms with Crippen molar-refractivity contribution in [2.75, 3.05) is 58.8 Å². The van der Waals surface area contributed by atoms with Crippen molar-refractivity contribution < 1.29 is 4.74 Å². The standard InChI is InChI=1S/C20H33N5O/c1-16(23(3)17-8-9-17)15-22-20(21-2)25-12-10-24(11-13-25)18-6-5-7-19(14-18)26-4/h5-7,14,16-17H,8-13,15H2,1-4H3,(H,21,22). The fourth-order valence-corrected chi connectivity index (χ4v) is 3.54. The predicted molar refractivity (Wildman–Crippen MR) is 108 cm³/mol. The number of methoxy groups -OCH3 is 1. The molecule has 1 heterocycles. The molecule has 6 heteroatoms. The molecule has 1 unspecified atom stereocenters. The third-order valence-corrected chi connectivity index (χ3v) is 5.58. The molecule has 1 N–H and O–H groups in total. The summed E-state index contributed by atoms with van der Waals surface area (Å²) in [6, 6.07) is 9.63. The van der Waals surface area contributed by atoms with Gasteiger partial charge in [-0.2, -0.15) is 0 Å². The number of nitrogens with zero attached hydrogens (tertiary/aromatic N) is 4. The number of hydrogen-bond acceptors (Lipinski definition) is 4. The topological polar surface area (TPSA) is 43.3 Å². The summed E-state index contributed by atoms with van der Waals surface area (Å²) in [7, 11) is 5.83. The lowest BCUT2D eigenvalue weighted by Crippen LogP contribution is -2.54. The Morgan fingerprint density at radius 2 is 2.04 bits per heavy atom. The van der Waals surface area contributed by atoms with Crippen molar-refractivity contribution >= 4 is 11.6 Å². The minimum absolute atomic E-state index is 0.525. The minimum atomic E-state index is 0.525. The first-order chi connectivity index (χ1) is 12.6. The second-order valence-corrected chi connectivity index (χ2v) is 7.35. The third-order valence-electron chi connectivity index (χ3n) is 5.58. The van der Waals surface area contributed by atoms with Crippen LogP contribution in [0.1, 0.15) is 19.8 Å². The maximum Gasteiger partial charge on any atom is 0.193 e. The fourth-order valence-electron chi connectivity index (χ4n) is 3.54. The first kappa shape index (κ1) is 18.8. The van der Waals surface area contributed by atoms with E-state index in [4.69, 9.17) is 4.74 Å². The summed E-state index contributed by atoms with van der Waals surface area (Å²) < 4.78 is 5.35. The predicted octanol–water partition coefficient (Wildman–Crippen LogP) is 1.88. The third kappa shape index (κ3) is 4.61. The van der Waals surface area contributed by atoms with Crippen molar-refractivity contribution in [3.8, 4) is 5.75 Å². The number of anilines is 1. The Morgan fingerprint density at radius 1 is 1.31 bits per heavy atom. The van der Waals surface area contributed by atoms with E-state index in [1.54, 1.807) is 7.11 Å². The van der Waals surface area contributed by atoms with Gasteiger partial charge in [-0.05, 0) is 38.9 Å². The van der Waals surface area contributed by atoms with Crippen LogP contribution in [-0.2, 0) is 0 Å². The van der Waals surface area contributed by atoms with Crippen LogP contribution >= 0.6 is 0 Å². The average molecular weight is 360 g/mol. The number of ether oxygens (including phenoxy) is 1. The van der Waals surface area contributed by atoms with E-state index in [1.165, 1.54) is 18.5 Å². The Hall–Kier alpha value is -1.95. The molecule has 0 spiro atoms. The summed E-state index contributed by atoms with van der Waals surface area (Å²) in [6.07, 6.45) is 2.70. The van der Waals surface area contributed by atoms with Crippen LogP contribution in [0.3, 0.4) is 0 Å². The number of piperazine rings is 1. The van der Waals surface area contributed by atoms with Gasteiger partial charge in [0.05, 0.1) is 7.11 Å². The number of hydrogen-bond donors (Lipinski definition) is 1. The van der Waals surface area contributed by atoms with Crippen molar-refractivity contribution in [3.63, 3.8) is 0 Å². The van der Waals surface area contributed by atoms with Gasteiger partial charge in [0.2, 0.25) is 0 Å². The highest BCUT2D eigenvalue weighted by molar-refractivity contribution is 5.80. The van der Waals surface area contributed by atoms with E-state index in [0.717, 1.165) is 50.5 Å². The number of benzene rings is 1. The Kier molecular flexibility index (Phi) is 6.25.